The molecule has 0 fully saturated rings. The van der Waals surface area contributed by atoms with Gasteiger partial charge in [-0.05, 0) is 18.6 Å². The third-order valence-electron chi connectivity index (χ3n) is 1.56. The Kier molecular flexibility index (Phi) is 4.02. The van der Waals surface area contributed by atoms with Crippen LogP contribution >= 0.6 is 0 Å². The monoisotopic (exact) mass is 215 g/mol. The molecule has 1 aromatic heterocycles. The molecule has 0 unspecified atom stereocenters. The van der Waals surface area contributed by atoms with Crippen molar-refractivity contribution in [2.45, 2.75) is 12.5 Å². The summed E-state index contributed by atoms with van der Waals surface area (Å²) in [5.74, 6) is 0.658. The molecule has 0 spiro atoms. The fourth-order valence-corrected chi connectivity index (χ4v) is 1.56. The van der Waals surface area contributed by atoms with Crippen molar-refractivity contribution >= 4 is 15.0 Å². The Morgan fingerprint density at radius 2 is 2.21 bits per heavy atom. The number of hydrogen-bond donors (Lipinski definition) is 3. The van der Waals surface area contributed by atoms with Crippen LogP contribution in [-0.4, -0.2) is 36.0 Å². The van der Waals surface area contributed by atoms with Crippen molar-refractivity contribution < 1.29 is 18.8 Å². The lowest BCUT2D eigenvalue weighted by molar-refractivity contribution is 0.227. The summed E-state index contributed by atoms with van der Waals surface area (Å²) in [6.45, 7) is 0.442. The molecular formula is C8H13NO4Si. The first-order chi connectivity index (χ1) is 6.58. The summed E-state index contributed by atoms with van der Waals surface area (Å²) < 4.78 is 4.99. The van der Waals surface area contributed by atoms with Gasteiger partial charge in [0.15, 0.2) is 0 Å². The van der Waals surface area contributed by atoms with Crippen LogP contribution in [0.5, 0.6) is 0 Å². The van der Waals surface area contributed by atoms with Crippen LogP contribution in [0.4, 0.5) is 0 Å². The number of rotatable bonds is 5. The predicted octanol–water partition coefficient (Wildman–Crippen LogP) is 0.00440. The zero-order valence-electron chi connectivity index (χ0n) is 7.63. The second kappa shape index (κ2) is 5.06. The Hall–Kier alpha value is -0.953. The fourth-order valence-electron chi connectivity index (χ4n) is 0.927. The summed E-state index contributed by atoms with van der Waals surface area (Å²) in [6, 6.07) is 3.55. The van der Waals surface area contributed by atoms with Gasteiger partial charge in [0, 0.05) is 12.6 Å². The third-order valence-corrected chi connectivity index (χ3v) is 2.59. The molecule has 0 bridgehead atoms. The van der Waals surface area contributed by atoms with Gasteiger partial charge in [0.25, 0.3) is 0 Å². The molecule has 6 heteroatoms. The first-order valence-electron chi connectivity index (χ1n) is 4.28. The van der Waals surface area contributed by atoms with Crippen LogP contribution in [0.3, 0.4) is 0 Å². The van der Waals surface area contributed by atoms with Crippen LogP contribution < -0.4 is 0 Å². The molecule has 3 N–H and O–H groups in total. The molecule has 1 heterocycles. The van der Waals surface area contributed by atoms with Gasteiger partial charge in [-0.2, -0.15) is 0 Å². The Bertz CT molecular complexity index is 278. The fraction of sp³-hybridized carbons (Fsp3) is 0.375. The van der Waals surface area contributed by atoms with E-state index in [0.29, 0.717) is 18.7 Å². The number of hydrogen-bond acceptors (Lipinski definition) is 5. The van der Waals surface area contributed by atoms with E-state index in [2.05, 4.69) is 4.99 Å². The highest BCUT2D eigenvalue weighted by molar-refractivity contribution is 6.56. The zero-order chi connectivity index (χ0) is 10.4. The van der Waals surface area contributed by atoms with E-state index in [9.17, 15) is 0 Å². The van der Waals surface area contributed by atoms with Crippen LogP contribution in [0.2, 0.25) is 6.04 Å². The van der Waals surface area contributed by atoms with E-state index >= 15 is 0 Å². The maximum Gasteiger partial charge on any atom is 0.492 e. The lowest BCUT2D eigenvalue weighted by Crippen LogP contribution is -2.34. The smallest absolute Gasteiger partial charge is 0.463 e. The summed E-state index contributed by atoms with van der Waals surface area (Å²) in [4.78, 5) is 30.0. The first-order valence-corrected chi connectivity index (χ1v) is 6.33. The topological polar surface area (TPSA) is 86.2 Å². The average molecular weight is 215 g/mol. The van der Waals surface area contributed by atoms with Gasteiger partial charge in [-0.15, -0.1) is 0 Å². The second-order valence-electron chi connectivity index (χ2n) is 2.93. The summed E-state index contributed by atoms with van der Waals surface area (Å²) in [5.41, 5.74) is 0. The lowest BCUT2D eigenvalue weighted by Gasteiger charge is -2.06. The van der Waals surface area contributed by atoms with Crippen LogP contribution in [0.15, 0.2) is 27.8 Å². The van der Waals surface area contributed by atoms with Crippen molar-refractivity contribution in [1.29, 1.82) is 0 Å². The van der Waals surface area contributed by atoms with E-state index in [0.717, 1.165) is 0 Å². The van der Waals surface area contributed by atoms with Gasteiger partial charge in [0.2, 0.25) is 0 Å². The zero-order valence-corrected chi connectivity index (χ0v) is 8.63. The molecule has 0 amide bonds. The highest BCUT2D eigenvalue weighted by Gasteiger charge is 2.25. The molecule has 0 aromatic carbocycles. The minimum atomic E-state index is -3.87. The summed E-state index contributed by atoms with van der Waals surface area (Å²) in [6.07, 6.45) is 3.57. The van der Waals surface area contributed by atoms with E-state index in [1.54, 1.807) is 24.6 Å². The largest absolute Gasteiger partial charge is 0.492 e. The molecule has 0 aliphatic carbocycles. The van der Waals surface area contributed by atoms with E-state index < -0.39 is 8.80 Å². The maximum absolute atomic E-state index is 8.68. The highest BCUT2D eigenvalue weighted by Crippen LogP contribution is 2.01. The van der Waals surface area contributed by atoms with Crippen molar-refractivity contribution in [1.82, 2.24) is 0 Å². The molecule has 1 aromatic rings. The van der Waals surface area contributed by atoms with Crippen molar-refractivity contribution in [3.8, 4) is 0 Å². The molecule has 0 atom stereocenters. The molecule has 1 rings (SSSR count). The van der Waals surface area contributed by atoms with Gasteiger partial charge >= 0.3 is 8.80 Å². The molecule has 0 aliphatic rings. The van der Waals surface area contributed by atoms with Crippen molar-refractivity contribution in [2.24, 2.45) is 4.99 Å². The standard InChI is InChI=1S/C8H13NO4Si/c10-14(11,12)6-2-4-9-7-8-3-1-5-13-8/h1,3,5,7,10-12H,2,4,6H2. The first kappa shape index (κ1) is 11.1. The number of furan rings is 1. The Morgan fingerprint density at radius 3 is 2.79 bits per heavy atom. The molecule has 5 nitrogen and oxygen atoms in total. The summed E-state index contributed by atoms with van der Waals surface area (Å²) in [7, 11) is -3.87. The van der Waals surface area contributed by atoms with Gasteiger partial charge in [0.1, 0.15) is 5.76 Å². The van der Waals surface area contributed by atoms with Gasteiger partial charge in [0.05, 0.1) is 12.5 Å². The maximum atomic E-state index is 8.68. The quantitative estimate of drug-likeness (QED) is 0.367. The molecule has 0 radical (unpaired) electrons. The van der Waals surface area contributed by atoms with Crippen LogP contribution in [0, 0.1) is 0 Å². The van der Waals surface area contributed by atoms with Gasteiger partial charge in [-0.3, -0.25) is 4.99 Å². The second-order valence-corrected chi connectivity index (χ2v) is 4.98. The molecule has 14 heavy (non-hydrogen) atoms. The van der Waals surface area contributed by atoms with E-state index in [-0.39, 0.29) is 6.04 Å². The van der Waals surface area contributed by atoms with Crippen molar-refractivity contribution in [3.05, 3.63) is 24.2 Å². The molecule has 0 saturated heterocycles. The Balaban J connectivity index is 2.16. The van der Waals surface area contributed by atoms with Crippen LogP contribution in [-0.2, 0) is 0 Å². The Labute approximate surface area is 82.7 Å². The normalized spacial score (nSPS) is 12.5. The Morgan fingerprint density at radius 1 is 1.43 bits per heavy atom. The predicted molar refractivity (Wildman–Crippen MR) is 53.0 cm³/mol. The minimum Gasteiger partial charge on any atom is -0.463 e. The average Bonchev–Trinajstić information content (AvgIpc) is 2.54. The summed E-state index contributed by atoms with van der Waals surface area (Å²) >= 11 is 0. The van der Waals surface area contributed by atoms with Gasteiger partial charge < -0.3 is 18.8 Å². The van der Waals surface area contributed by atoms with E-state index in [1.807, 2.05) is 0 Å². The highest BCUT2D eigenvalue weighted by atomic mass is 28.4. The summed E-state index contributed by atoms with van der Waals surface area (Å²) in [5, 5.41) is 0. The number of aliphatic imine (C=N–C) groups is 1. The van der Waals surface area contributed by atoms with Crippen molar-refractivity contribution in [2.75, 3.05) is 6.54 Å². The molecular weight excluding hydrogens is 202 g/mol. The van der Waals surface area contributed by atoms with Gasteiger partial charge in [-0.1, -0.05) is 0 Å². The molecule has 78 valence electrons. The lowest BCUT2D eigenvalue weighted by atomic mass is 10.4. The minimum absolute atomic E-state index is 0.0164. The third kappa shape index (κ3) is 4.93. The van der Waals surface area contributed by atoms with Crippen molar-refractivity contribution in [3.63, 3.8) is 0 Å². The molecule has 0 saturated carbocycles. The van der Waals surface area contributed by atoms with Crippen LogP contribution in [0.25, 0.3) is 0 Å². The SMILES string of the molecule is O[Si](O)(O)CCCN=Cc1ccco1. The number of nitrogens with zero attached hydrogens (tertiary/aromatic N) is 1. The van der Waals surface area contributed by atoms with Gasteiger partial charge in [-0.25, -0.2) is 0 Å². The van der Waals surface area contributed by atoms with Crippen LogP contribution in [0.1, 0.15) is 12.2 Å². The van der Waals surface area contributed by atoms with E-state index in [4.69, 9.17) is 18.8 Å². The molecule has 0 aliphatic heterocycles. The van der Waals surface area contributed by atoms with E-state index in [1.165, 1.54) is 0 Å².